The van der Waals surface area contributed by atoms with E-state index in [0.717, 1.165) is 29.1 Å². The van der Waals surface area contributed by atoms with Crippen LogP contribution in [0.2, 0.25) is 0 Å². The van der Waals surface area contributed by atoms with Crippen molar-refractivity contribution in [1.29, 1.82) is 0 Å². The van der Waals surface area contributed by atoms with Crippen molar-refractivity contribution in [3.05, 3.63) is 22.8 Å². The first-order valence-electron chi connectivity index (χ1n) is 24.2. The topological polar surface area (TPSA) is 297 Å². The Kier molecular flexibility index (Phi) is 43.1. The van der Waals surface area contributed by atoms with Gasteiger partial charge in [0.15, 0.2) is 0 Å². The molecular weight excluding hydrogens is 983 g/mol. The Hall–Kier alpha value is -5.90. The number of carboxylic acid groups (broad SMARTS) is 2. The van der Waals surface area contributed by atoms with Crippen LogP contribution in [0.15, 0.2) is 22.8 Å². The van der Waals surface area contributed by atoms with Crippen LogP contribution in [0.5, 0.6) is 0 Å². The van der Waals surface area contributed by atoms with E-state index in [9.17, 15) is 62.3 Å². The van der Waals surface area contributed by atoms with Gasteiger partial charge in [0.05, 0.1) is 12.3 Å². The number of hydrogen-bond donors (Lipinski definition) is 3. The van der Waals surface area contributed by atoms with E-state index in [4.69, 9.17) is 14.9 Å². The van der Waals surface area contributed by atoms with E-state index in [0.29, 0.717) is 47.7 Å². The van der Waals surface area contributed by atoms with Crippen LogP contribution < -0.4 is 5.32 Å². The minimum absolute atomic E-state index is 0.00231. The standard InChI is InChI=1S/C7H13NO2.C7H9NO2.C7H12O3.C7H14O.C6H11NO3.C6H9NO2.C6H7NO2.C4H8O.C2H6S/c1-5-4-6(10-3)8(2)7(5)9;1-4-5(2)7(10)8(3)6(4)9;1-3-6(8)4-5(2)7(9)10;1-4-7(5-2)6(3)8;1-4(3-5(8)9)6(10)7-2;2*1-4-3-5(8)7(2)6(4)9;1-3-4(2)5;1-3-2/h5-6H,4H2,1-3H3;1-3H3;5H,3-4H2,1-2H3,(H,9,10);7H,4-5H2,1-3H3;4H,3H2,1-2H3,(H,7,10)(H,8,9);4H,3H2,1-2H3;3H,1-2H3;3H2,1-2H3;1-2H3. The summed E-state index contributed by atoms with van der Waals surface area (Å²) in [5, 5.41) is 19.0. The predicted octanol–water partition coefficient (Wildman–Crippen LogP) is 5.62. The fourth-order valence-corrected chi connectivity index (χ4v) is 5.91. The number of thioether (sulfide) groups is 1. The molecule has 2 fully saturated rings. The fourth-order valence-electron chi connectivity index (χ4n) is 5.91. The first-order chi connectivity index (χ1) is 34.0. The van der Waals surface area contributed by atoms with Crippen LogP contribution in [0.3, 0.4) is 0 Å². The lowest BCUT2D eigenvalue weighted by Crippen LogP contribution is -2.30. The average molecular weight is 1070 g/mol. The number of likely N-dealkylation sites (N-methyl/N-ethyl adjacent to an activating group) is 2. The van der Waals surface area contributed by atoms with Crippen LogP contribution in [-0.4, -0.2) is 167 Å². The Morgan fingerprint density at radius 2 is 1.16 bits per heavy atom. The molecule has 0 bridgehead atoms. The molecule has 5 unspecified atom stereocenters. The monoisotopic (exact) mass is 1070 g/mol. The lowest BCUT2D eigenvalue weighted by atomic mass is 10.00. The highest BCUT2D eigenvalue weighted by Gasteiger charge is 2.34. The number of likely N-dealkylation sites (tertiary alicyclic amines) is 2. The van der Waals surface area contributed by atoms with Crippen LogP contribution in [0, 0.1) is 29.6 Å². The van der Waals surface area contributed by atoms with Crippen molar-refractivity contribution in [1.82, 2.24) is 24.9 Å². The third-order valence-electron chi connectivity index (χ3n) is 11.3. The first-order valence-corrected chi connectivity index (χ1v) is 25.8. The van der Waals surface area contributed by atoms with Gasteiger partial charge < -0.3 is 30.0 Å². The van der Waals surface area contributed by atoms with Crippen LogP contribution in [0.25, 0.3) is 0 Å². The highest BCUT2D eigenvalue weighted by Crippen LogP contribution is 2.22. The summed E-state index contributed by atoms with van der Waals surface area (Å²) in [6.45, 7) is 22.7. The molecule has 3 N–H and O–H groups in total. The molecule has 0 aromatic carbocycles. The van der Waals surface area contributed by atoms with Gasteiger partial charge in [0.1, 0.15) is 23.6 Å². The van der Waals surface area contributed by atoms with Crippen molar-refractivity contribution in [2.24, 2.45) is 29.6 Å². The van der Waals surface area contributed by atoms with Gasteiger partial charge >= 0.3 is 11.9 Å². The number of rotatable bonds is 12. The number of imide groups is 3. The van der Waals surface area contributed by atoms with Crippen molar-refractivity contribution in [3.63, 3.8) is 0 Å². The van der Waals surface area contributed by atoms with Crippen molar-refractivity contribution in [2.75, 3.05) is 54.9 Å². The second kappa shape index (κ2) is 41.5. The molecule has 0 aliphatic carbocycles. The molecule has 0 radical (unpaired) electrons. The predicted molar refractivity (Wildman–Crippen MR) is 284 cm³/mol. The summed E-state index contributed by atoms with van der Waals surface area (Å²) in [6.07, 6.45) is 9.76. The van der Waals surface area contributed by atoms with Gasteiger partial charge in [-0.1, -0.05) is 55.4 Å². The summed E-state index contributed by atoms with van der Waals surface area (Å²) in [5.74, 6) is -2.82. The lowest BCUT2D eigenvalue weighted by molar-refractivity contribution is -0.143. The van der Waals surface area contributed by atoms with Crippen LogP contribution in [0.1, 0.15) is 141 Å². The number of methoxy groups -OCH3 is 1. The quantitative estimate of drug-likeness (QED) is 0.200. The molecule has 4 rings (SSSR count). The Labute approximate surface area is 444 Å². The van der Waals surface area contributed by atoms with Gasteiger partial charge in [0.2, 0.25) is 23.6 Å². The molecule has 0 saturated carbocycles. The van der Waals surface area contributed by atoms with E-state index < -0.39 is 23.8 Å². The van der Waals surface area contributed by atoms with Gasteiger partial charge in [0, 0.05) is 121 Å². The van der Waals surface area contributed by atoms with E-state index in [-0.39, 0.29) is 89.7 Å². The first kappa shape index (κ1) is 77.0. The maximum Gasteiger partial charge on any atom is 0.306 e. The molecule has 4 heterocycles. The average Bonchev–Trinajstić information content (AvgIpc) is 3.89. The molecule has 0 aromatic rings. The summed E-state index contributed by atoms with van der Waals surface area (Å²) in [7, 11) is 9.38. The number of Topliss-reactive ketones (excluding diaryl/α,β-unsaturated/α-hetero) is 3. The summed E-state index contributed by atoms with van der Waals surface area (Å²) in [6, 6.07) is 0. The molecule has 8 amide bonds. The Balaban J connectivity index is -0.000000244. The number of nitrogens with one attached hydrogen (secondary N) is 1. The number of ether oxygens (including phenoxy) is 1. The number of nitrogens with zero attached hydrogens (tertiary/aromatic N) is 4. The third-order valence-corrected chi connectivity index (χ3v) is 11.3. The normalized spacial score (nSPS) is 18.0. The molecule has 0 aromatic heterocycles. The van der Waals surface area contributed by atoms with E-state index in [1.165, 1.54) is 46.1 Å². The number of carbonyl (C=O) groups is 13. The highest BCUT2D eigenvalue weighted by molar-refractivity contribution is 7.97. The molecule has 4 aliphatic heterocycles. The SMILES string of the molecule is CC1=C(C)C(=O)N(C)C1=O.CC1=CC(=O)N(C)C1=O.CC1CC(=O)N(C)C1=O.CCC(=O)CC(C)C(=O)O.CCC(C)=O.CCC(CC)C(C)=O.CNC(=O)C(C)CC(=O)O.COC1CC(C)C(=O)N1C.CSC. The third kappa shape index (κ3) is 31.6. The number of hydrogen-bond acceptors (Lipinski definition) is 15. The maximum atomic E-state index is 11.1. The largest absolute Gasteiger partial charge is 0.481 e. The van der Waals surface area contributed by atoms with Crippen molar-refractivity contribution in [3.8, 4) is 0 Å². The van der Waals surface area contributed by atoms with Crippen LogP contribution >= 0.6 is 11.8 Å². The minimum Gasteiger partial charge on any atom is -0.481 e. The molecular formula is C52H89N5O16S. The van der Waals surface area contributed by atoms with Crippen molar-refractivity contribution < 1.29 is 77.3 Å². The van der Waals surface area contributed by atoms with E-state index in [1.807, 2.05) is 26.4 Å². The lowest BCUT2D eigenvalue weighted by Gasteiger charge is -2.16. The Morgan fingerprint density at radius 3 is 1.31 bits per heavy atom. The molecule has 2 saturated heterocycles. The summed E-state index contributed by atoms with van der Waals surface area (Å²) < 4.78 is 5.07. The van der Waals surface area contributed by atoms with Gasteiger partial charge in [-0.25, -0.2) is 0 Å². The number of ketones is 3. The van der Waals surface area contributed by atoms with Gasteiger partial charge in [-0.05, 0) is 60.0 Å². The van der Waals surface area contributed by atoms with Gasteiger partial charge in [0.25, 0.3) is 23.6 Å². The van der Waals surface area contributed by atoms with Crippen LogP contribution in [-0.2, 0) is 67.1 Å². The summed E-state index contributed by atoms with van der Waals surface area (Å²) >= 11 is 1.75. The number of carboxylic acids is 2. The minimum atomic E-state index is -0.948. The molecule has 424 valence electrons. The number of amides is 8. The Morgan fingerprint density at radius 1 is 0.716 bits per heavy atom. The molecule has 22 heteroatoms. The highest BCUT2D eigenvalue weighted by atomic mass is 32.2. The second-order valence-corrected chi connectivity index (χ2v) is 18.5. The second-order valence-electron chi connectivity index (χ2n) is 17.7. The molecule has 5 atom stereocenters. The van der Waals surface area contributed by atoms with Gasteiger partial charge in [-0.2, -0.15) is 11.8 Å². The Bertz CT molecular complexity index is 1960. The van der Waals surface area contributed by atoms with E-state index in [1.54, 1.807) is 86.2 Å². The summed E-state index contributed by atoms with van der Waals surface area (Å²) in [5.41, 5.74) is 1.64. The zero-order valence-corrected chi connectivity index (χ0v) is 48.8. The van der Waals surface area contributed by atoms with Crippen molar-refractivity contribution in [2.45, 2.75) is 148 Å². The fraction of sp³-hybridized carbons (Fsp3) is 0.673. The molecule has 74 heavy (non-hydrogen) atoms. The van der Waals surface area contributed by atoms with Gasteiger partial charge in [-0.15, -0.1) is 0 Å². The van der Waals surface area contributed by atoms with Crippen LogP contribution in [0.4, 0.5) is 0 Å². The maximum absolute atomic E-state index is 11.1. The molecule has 0 spiro atoms. The van der Waals surface area contributed by atoms with E-state index in [2.05, 4.69) is 19.2 Å². The summed E-state index contributed by atoms with van der Waals surface area (Å²) in [4.78, 5) is 143. The van der Waals surface area contributed by atoms with E-state index >= 15 is 0 Å². The zero-order chi connectivity index (χ0) is 59.5. The van der Waals surface area contributed by atoms with Crippen molar-refractivity contribution >= 4 is 88.3 Å². The van der Waals surface area contributed by atoms with Gasteiger partial charge in [-0.3, -0.25) is 72.2 Å². The molecule has 4 aliphatic rings. The number of carbonyl (C=O) groups excluding carboxylic acids is 11. The molecule has 21 nitrogen and oxygen atoms in total. The smallest absolute Gasteiger partial charge is 0.306 e. The number of aliphatic carboxylic acids is 2. The zero-order valence-electron chi connectivity index (χ0n) is 48.0.